The van der Waals surface area contributed by atoms with E-state index in [0.29, 0.717) is 28.5 Å². The Kier molecular flexibility index (Phi) is 4.02. The van der Waals surface area contributed by atoms with Crippen LogP contribution in [0.25, 0.3) is 10.9 Å². The van der Waals surface area contributed by atoms with E-state index in [4.69, 9.17) is 9.47 Å². The molecule has 0 N–H and O–H groups in total. The molecule has 0 spiro atoms. The molecule has 2 aromatic carbocycles. The molecule has 0 saturated heterocycles. The number of hydrogen-bond acceptors (Lipinski definition) is 5. The third kappa shape index (κ3) is 2.43. The SMILES string of the molecule is COc1ccc(S(=O)(=O)n2cc(C=O)c3ccccc32)c(OC)c1. The number of nitrogens with zero attached hydrogens (tertiary/aromatic N) is 1. The van der Waals surface area contributed by atoms with E-state index >= 15 is 0 Å². The number of benzene rings is 2. The Bertz CT molecular complexity index is 1020. The summed E-state index contributed by atoms with van der Waals surface area (Å²) in [6, 6.07) is 11.3. The van der Waals surface area contributed by atoms with E-state index in [1.807, 2.05) is 0 Å². The van der Waals surface area contributed by atoms with Crippen molar-refractivity contribution in [2.24, 2.45) is 0 Å². The zero-order chi connectivity index (χ0) is 17.3. The Morgan fingerprint density at radius 2 is 1.79 bits per heavy atom. The number of rotatable bonds is 5. The van der Waals surface area contributed by atoms with E-state index in [-0.39, 0.29) is 10.6 Å². The van der Waals surface area contributed by atoms with Gasteiger partial charge in [0.1, 0.15) is 16.4 Å². The van der Waals surface area contributed by atoms with E-state index in [9.17, 15) is 13.2 Å². The molecule has 0 saturated carbocycles. The van der Waals surface area contributed by atoms with Crippen molar-refractivity contribution in [3.8, 4) is 11.5 Å². The summed E-state index contributed by atoms with van der Waals surface area (Å²) in [5.74, 6) is 0.650. The van der Waals surface area contributed by atoms with E-state index in [1.165, 1.54) is 32.5 Å². The van der Waals surface area contributed by atoms with Crippen LogP contribution in [0.2, 0.25) is 0 Å². The molecular weight excluding hydrogens is 330 g/mol. The van der Waals surface area contributed by atoms with Crippen molar-refractivity contribution in [3.05, 3.63) is 54.2 Å². The number of para-hydroxylation sites is 1. The fourth-order valence-electron chi connectivity index (χ4n) is 2.56. The first-order valence-electron chi connectivity index (χ1n) is 7.06. The van der Waals surface area contributed by atoms with Crippen molar-refractivity contribution in [1.29, 1.82) is 0 Å². The summed E-state index contributed by atoms with van der Waals surface area (Å²) in [5.41, 5.74) is 0.735. The summed E-state index contributed by atoms with van der Waals surface area (Å²) < 4.78 is 37.6. The van der Waals surface area contributed by atoms with Crippen LogP contribution in [0.15, 0.2) is 53.6 Å². The standard InChI is InChI=1S/C17H15NO5S/c1-22-13-7-8-17(16(9-13)23-2)24(20,21)18-10-12(11-19)14-5-3-4-6-15(14)18/h3-11H,1-2H3. The molecule has 0 fully saturated rings. The van der Waals surface area contributed by atoms with Crippen molar-refractivity contribution in [1.82, 2.24) is 3.97 Å². The monoisotopic (exact) mass is 345 g/mol. The summed E-state index contributed by atoms with van der Waals surface area (Å²) in [6.45, 7) is 0. The van der Waals surface area contributed by atoms with Gasteiger partial charge in [-0.15, -0.1) is 0 Å². The average Bonchev–Trinajstić information content (AvgIpc) is 3.00. The van der Waals surface area contributed by atoms with Crippen LogP contribution in [0, 0.1) is 0 Å². The Labute approximate surface area is 139 Å². The number of carbonyl (C=O) groups excluding carboxylic acids is 1. The van der Waals surface area contributed by atoms with Gasteiger partial charge in [-0.2, -0.15) is 0 Å². The summed E-state index contributed by atoms with van der Waals surface area (Å²) in [7, 11) is -1.07. The molecule has 7 heteroatoms. The molecule has 0 aliphatic heterocycles. The first-order valence-corrected chi connectivity index (χ1v) is 8.50. The maximum atomic E-state index is 13.1. The maximum absolute atomic E-state index is 13.1. The van der Waals surface area contributed by atoms with Gasteiger partial charge in [0.25, 0.3) is 10.0 Å². The van der Waals surface area contributed by atoms with E-state index in [0.717, 1.165) is 3.97 Å². The predicted molar refractivity (Wildman–Crippen MR) is 89.5 cm³/mol. The lowest BCUT2D eigenvalue weighted by atomic mass is 10.2. The van der Waals surface area contributed by atoms with Crippen LogP contribution in [-0.4, -0.2) is 32.9 Å². The molecule has 0 unspecified atom stereocenters. The van der Waals surface area contributed by atoms with E-state index < -0.39 is 10.0 Å². The number of fused-ring (bicyclic) bond motifs is 1. The lowest BCUT2D eigenvalue weighted by Crippen LogP contribution is -2.13. The average molecular weight is 345 g/mol. The molecule has 3 aromatic rings. The van der Waals surface area contributed by atoms with Gasteiger partial charge >= 0.3 is 0 Å². The van der Waals surface area contributed by atoms with Crippen molar-refractivity contribution >= 4 is 27.2 Å². The summed E-state index contributed by atoms with van der Waals surface area (Å²) >= 11 is 0. The predicted octanol–water partition coefficient (Wildman–Crippen LogP) is 2.71. The molecule has 124 valence electrons. The Balaban J connectivity index is 2.28. The molecule has 24 heavy (non-hydrogen) atoms. The number of carbonyl (C=O) groups is 1. The summed E-state index contributed by atoms with van der Waals surface area (Å²) in [5, 5.41) is 0.573. The van der Waals surface area contributed by atoms with Gasteiger partial charge in [-0.1, -0.05) is 18.2 Å². The Morgan fingerprint density at radius 3 is 2.46 bits per heavy atom. The lowest BCUT2D eigenvalue weighted by Gasteiger charge is -2.12. The molecule has 0 amide bonds. The molecule has 0 radical (unpaired) electrons. The first-order chi connectivity index (χ1) is 11.5. The van der Waals surface area contributed by atoms with E-state index in [1.54, 1.807) is 30.3 Å². The van der Waals surface area contributed by atoms with Gasteiger partial charge in [-0.3, -0.25) is 4.79 Å². The smallest absolute Gasteiger partial charge is 0.271 e. The number of aldehydes is 1. The zero-order valence-electron chi connectivity index (χ0n) is 13.1. The second-order valence-corrected chi connectivity index (χ2v) is 6.82. The molecule has 0 bridgehead atoms. The maximum Gasteiger partial charge on any atom is 0.271 e. The van der Waals surface area contributed by atoms with Gasteiger partial charge in [0.15, 0.2) is 6.29 Å². The lowest BCUT2D eigenvalue weighted by molar-refractivity contribution is 0.112. The quantitative estimate of drug-likeness (QED) is 0.665. The summed E-state index contributed by atoms with van der Waals surface area (Å²) in [4.78, 5) is 11.2. The highest BCUT2D eigenvalue weighted by Gasteiger charge is 2.25. The molecule has 0 aliphatic rings. The molecule has 1 heterocycles. The van der Waals surface area contributed by atoms with Crippen LogP contribution in [0.5, 0.6) is 11.5 Å². The van der Waals surface area contributed by atoms with Gasteiger partial charge in [0.05, 0.1) is 19.7 Å². The van der Waals surface area contributed by atoms with Crippen molar-refractivity contribution < 1.29 is 22.7 Å². The third-order valence-corrected chi connectivity index (χ3v) is 5.46. The Morgan fingerprint density at radius 1 is 1.04 bits per heavy atom. The fourth-order valence-corrected chi connectivity index (χ4v) is 4.08. The highest BCUT2D eigenvalue weighted by Crippen LogP contribution is 2.32. The van der Waals surface area contributed by atoms with Crippen molar-refractivity contribution in [2.75, 3.05) is 14.2 Å². The molecule has 0 atom stereocenters. The molecule has 6 nitrogen and oxygen atoms in total. The highest BCUT2D eigenvalue weighted by atomic mass is 32.2. The molecule has 1 aromatic heterocycles. The molecular formula is C17H15NO5S. The van der Waals surface area contributed by atoms with Gasteiger partial charge in [0, 0.05) is 23.2 Å². The minimum absolute atomic E-state index is 0.0102. The minimum Gasteiger partial charge on any atom is -0.497 e. The van der Waals surface area contributed by atoms with Gasteiger partial charge in [-0.05, 0) is 18.2 Å². The number of ether oxygens (including phenoxy) is 2. The second kappa shape index (κ2) is 6.01. The van der Waals surface area contributed by atoms with Crippen LogP contribution in [0.1, 0.15) is 10.4 Å². The number of methoxy groups -OCH3 is 2. The number of hydrogen-bond donors (Lipinski definition) is 0. The third-order valence-electron chi connectivity index (χ3n) is 3.74. The minimum atomic E-state index is -3.95. The number of aromatic nitrogens is 1. The van der Waals surface area contributed by atoms with E-state index in [2.05, 4.69) is 0 Å². The van der Waals surface area contributed by atoms with Crippen molar-refractivity contribution in [3.63, 3.8) is 0 Å². The Hall–Kier alpha value is -2.80. The molecule has 0 aliphatic carbocycles. The van der Waals surface area contributed by atoms with Crippen LogP contribution in [-0.2, 0) is 10.0 Å². The van der Waals surface area contributed by atoms with Crippen LogP contribution >= 0.6 is 0 Å². The zero-order valence-corrected chi connectivity index (χ0v) is 13.9. The van der Waals surface area contributed by atoms with Crippen LogP contribution in [0.3, 0.4) is 0 Å². The first kappa shape index (κ1) is 16.1. The fraction of sp³-hybridized carbons (Fsp3) is 0.118. The molecule has 3 rings (SSSR count). The second-order valence-electron chi connectivity index (χ2n) is 5.04. The van der Waals surface area contributed by atoms with Crippen LogP contribution < -0.4 is 9.47 Å². The topological polar surface area (TPSA) is 74.6 Å². The van der Waals surface area contributed by atoms with Crippen LogP contribution in [0.4, 0.5) is 0 Å². The van der Waals surface area contributed by atoms with Crippen molar-refractivity contribution in [2.45, 2.75) is 4.90 Å². The van der Waals surface area contributed by atoms with Gasteiger partial charge in [-0.25, -0.2) is 12.4 Å². The summed E-state index contributed by atoms with van der Waals surface area (Å²) in [6.07, 6.45) is 1.95. The van der Waals surface area contributed by atoms with Gasteiger partial charge in [0.2, 0.25) is 0 Å². The van der Waals surface area contributed by atoms with Gasteiger partial charge < -0.3 is 9.47 Å². The largest absolute Gasteiger partial charge is 0.497 e. The normalized spacial score (nSPS) is 11.4. The highest BCUT2D eigenvalue weighted by molar-refractivity contribution is 7.90.